The molecule has 2 aliphatic rings. The van der Waals surface area contributed by atoms with Gasteiger partial charge in [0.1, 0.15) is 0 Å². The average molecular weight is 292 g/mol. The van der Waals surface area contributed by atoms with Gasteiger partial charge in [-0.3, -0.25) is 4.79 Å². The van der Waals surface area contributed by atoms with Gasteiger partial charge in [-0.2, -0.15) is 0 Å². The summed E-state index contributed by atoms with van der Waals surface area (Å²) in [5.74, 6) is 0.776. The van der Waals surface area contributed by atoms with Gasteiger partial charge in [-0.1, -0.05) is 23.7 Å². The Kier molecular flexibility index (Phi) is 3.81. The number of nitrogens with zero attached hydrogens (tertiary/aromatic N) is 1. The van der Waals surface area contributed by atoms with E-state index in [-0.39, 0.29) is 17.9 Å². The smallest absolute Gasteiger partial charge is 0.246 e. The van der Waals surface area contributed by atoms with Crippen LogP contribution in [0.4, 0.5) is 0 Å². The molecule has 2 fully saturated rings. The number of hydrogen-bond donors (Lipinski definition) is 1. The van der Waals surface area contributed by atoms with Crippen molar-refractivity contribution in [1.82, 2.24) is 4.90 Å². The Labute approximate surface area is 123 Å². The first-order valence-electron chi connectivity index (χ1n) is 7.04. The van der Waals surface area contributed by atoms with E-state index in [4.69, 9.17) is 11.6 Å². The van der Waals surface area contributed by atoms with E-state index in [0.717, 1.165) is 24.9 Å². The Hall–Kier alpha value is -1.32. The summed E-state index contributed by atoms with van der Waals surface area (Å²) >= 11 is 5.91. The number of carbonyl (C=O) groups excluding carboxylic acids is 1. The van der Waals surface area contributed by atoms with Gasteiger partial charge in [0.25, 0.3) is 0 Å². The molecule has 0 spiro atoms. The molecule has 0 radical (unpaired) electrons. The van der Waals surface area contributed by atoms with Crippen molar-refractivity contribution in [2.24, 2.45) is 11.8 Å². The third-order valence-electron chi connectivity index (χ3n) is 4.40. The lowest BCUT2D eigenvalue weighted by atomic mass is 10.00. The zero-order valence-electron chi connectivity index (χ0n) is 11.2. The molecule has 3 unspecified atom stereocenters. The van der Waals surface area contributed by atoms with Crippen LogP contribution >= 0.6 is 11.6 Å². The van der Waals surface area contributed by atoms with Crippen LogP contribution in [-0.2, 0) is 4.79 Å². The quantitative estimate of drug-likeness (QED) is 0.851. The number of hydrogen-bond acceptors (Lipinski definition) is 2. The lowest BCUT2D eigenvalue weighted by Gasteiger charge is -2.16. The van der Waals surface area contributed by atoms with Gasteiger partial charge in [-0.25, -0.2) is 0 Å². The van der Waals surface area contributed by atoms with Gasteiger partial charge in [0.05, 0.1) is 6.10 Å². The lowest BCUT2D eigenvalue weighted by Crippen LogP contribution is -2.29. The number of carbonyl (C=O) groups is 1. The highest BCUT2D eigenvalue weighted by Crippen LogP contribution is 2.38. The van der Waals surface area contributed by atoms with Gasteiger partial charge in [-0.05, 0) is 42.5 Å². The molecule has 0 bridgehead atoms. The maximum atomic E-state index is 12.2. The number of fused-ring (bicyclic) bond motifs is 1. The van der Waals surface area contributed by atoms with Crippen molar-refractivity contribution in [3.8, 4) is 0 Å². The average Bonchev–Trinajstić information content (AvgIpc) is 2.99. The Morgan fingerprint density at radius 1 is 1.35 bits per heavy atom. The van der Waals surface area contributed by atoms with Crippen LogP contribution in [0.2, 0.25) is 5.02 Å². The highest BCUT2D eigenvalue weighted by Gasteiger charge is 2.42. The zero-order valence-corrected chi connectivity index (χ0v) is 12.0. The number of likely N-dealkylation sites (tertiary alicyclic amines) is 1. The van der Waals surface area contributed by atoms with Crippen molar-refractivity contribution < 1.29 is 9.90 Å². The molecule has 1 amide bonds. The molecule has 1 aromatic rings. The number of benzene rings is 1. The molecule has 3 atom stereocenters. The molecule has 20 heavy (non-hydrogen) atoms. The van der Waals surface area contributed by atoms with Crippen molar-refractivity contribution in [3.05, 3.63) is 40.9 Å². The Morgan fingerprint density at radius 3 is 2.95 bits per heavy atom. The second-order valence-electron chi connectivity index (χ2n) is 5.70. The van der Waals surface area contributed by atoms with Gasteiger partial charge in [-0.15, -0.1) is 0 Å². The fourth-order valence-corrected chi connectivity index (χ4v) is 3.50. The van der Waals surface area contributed by atoms with Crippen LogP contribution in [0.15, 0.2) is 30.3 Å². The summed E-state index contributed by atoms with van der Waals surface area (Å²) in [5.41, 5.74) is 0.922. The van der Waals surface area contributed by atoms with Crippen molar-refractivity contribution in [3.63, 3.8) is 0 Å². The minimum Gasteiger partial charge on any atom is -0.393 e. The molecule has 1 aromatic carbocycles. The fraction of sp³-hybridized carbons (Fsp3) is 0.438. The van der Waals surface area contributed by atoms with Crippen LogP contribution in [-0.4, -0.2) is 35.1 Å². The monoisotopic (exact) mass is 291 g/mol. The van der Waals surface area contributed by atoms with E-state index in [9.17, 15) is 9.90 Å². The molecule has 1 saturated carbocycles. The molecule has 106 valence electrons. The first kappa shape index (κ1) is 13.7. The van der Waals surface area contributed by atoms with E-state index in [0.29, 0.717) is 17.5 Å². The molecule has 0 aromatic heterocycles. The van der Waals surface area contributed by atoms with Crippen molar-refractivity contribution in [1.29, 1.82) is 0 Å². The Morgan fingerprint density at radius 2 is 2.20 bits per heavy atom. The molecular formula is C16H18ClNO2. The van der Waals surface area contributed by atoms with E-state index in [2.05, 4.69) is 0 Å². The van der Waals surface area contributed by atoms with Crippen LogP contribution in [0.25, 0.3) is 6.08 Å². The topological polar surface area (TPSA) is 40.5 Å². The number of aliphatic hydroxyl groups is 1. The van der Waals surface area contributed by atoms with Crippen molar-refractivity contribution in [2.45, 2.75) is 18.9 Å². The van der Waals surface area contributed by atoms with Crippen LogP contribution < -0.4 is 0 Å². The Bertz CT molecular complexity index is 543. The number of amides is 1. The van der Waals surface area contributed by atoms with Gasteiger partial charge in [0.15, 0.2) is 0 Å². The normalized spacial score (nSPS) is 29.1. The van der Waals surface area contributed by atoms with Gasteiger partial charge < -0.3 is 10.0 Å². The van der Waals surface area contributed by atoms with Crippen LogP contribution in [0, 0.1) is 11.8 Å². The molecule has 1 N–H and O–H groups in total. The minimum atomic E-state index is -0.227. The summed E-state index contributed by atoms with van der Waals surface area (Å²) < 4.78 is 0. The lowest BCUT2D eigenvalue weighted by molar-refractivity contribution is -0.125. The second kappa shape index (κ2) is 5.58. The first-order valence-corrected chi connectivity index (χ1v) is 7.42. The summed E-state index contributed by atoms with van der Waals surface area (Å²) in [5, 5.41) is 10.5. The van der Waals surface area contributed by atoms with Gasteiger partial charge in [0, 0.05) is 30.1 Å². The highest BCUT2D eigenvalue weighted by molar-refractivity contribution is 6.30. The molecule has 3 rings (SSSR count). The zero-order chi connectivity index (χ0) is 14.1. The summed E-state index contributed by atoms with van der Waals surface area (Å²) in [4.78, 5) is 14.0. The first-order chi connectivity index (χ1) is 9.63. The van der Waals surface area contributed by atoms with Crippen LogP contribution in [0.3, 0.4) is 0 Å². The minimum absolute atomic E-state index is 0.0200. The maximum absolute atomic E-state index is 12.2. The molecule has 1 heterocycles. The second-order valence-corrected chi connectivity index (χ2v) is 6.14. The predicted octanol–water partition coefficient (Wildman–Crippen LogP) is 2.58. The molecule has 1 aliphatic carbocycles. The highest BCUT2D eigenvalue weighted by atomic mass is 35.5. The number of aliphatic hydroxyl groups excluding tert-OH is 1. The van der Waals surface area contributed by atoms with Crippen LogP contribution in [0.1, 0.15) is 18.4 Å². The van der Waals surface area contributed by atoms with Crippen LogP contribution in [0.5, 0.6) is 0 Å². The third kappa shape index (κ3) is 2.74. The van der Waals surface area contributed by atoms with E-state index >= 15 is 0 Å². The summed E-state index contributed by atoms with van der Waals surface area (Å²) in [6, 6.07) is 7.42. The summed E-state index contributed by atoms with van der Waals surface area (Å²) in [6.07, 6.45) is 5.08. The molecule has 4 heteroatoms. The van der Waals surface area contributed by atoms with E-state index in [1.807, 2.05) is 29.2 Å². The van der Waals surface area contributed by atoms with Gasteiger partial charge in [0.2, 0.25) is 5.91 Å². The molecule has 3 nitrogen and oxygen atoms in total. The predicted molar refractivity (Wildman–Crippen MR) is 79.3 cm³/mol. The fourth-order valence-electron chi connectivity index (χ4n) is 3.30. The largest absolute Gasteiger partial charge is 0.393 e. The van der Waals surface area contributed by atoms with E-state index in [1.165, 1.54) is 0 Å². The van der Waals surface area contributed by atoms with Gasteiger partial charge >= 0.3 is 0 Å². The third-order valence-corrected chi connectivity index (χ3v) is 4.63. The number of halogens is 1. The standard InChI is InChI=1S/C16H18ClNO2/c17-13-3-1-2-11(8-13)4-7-16(20)18-9-12-5-6-15(19)14(12)10-18/h1-4,7-8,12,14-15,19H,5-6,9-10H2/b7-4+. The number of rotatable bonds is 2. The summed E-state index contributed by atoms with van der Waals surface area (Å²) in [6.45, 7) is 1.46. The molecule has 1 aliphatic heterocycles. The SMILES string of the molecule is O=C(/C=C/c1cccc(Cl)c1)N1CC2CCC(O)C2C1. The van der Waals surface area contributed by atoms with E-state index < -0.39 is 0 Å². The van der Waals surface area contributed by atoms with Crippen molar-refractivity contribution in [2.75, 3.05) is 13.1 Å². The molecule has 1 saturated heterocycles. The summed E-state index contributed by atoms with van der Waals surface area (Å²) in [7, 11) is 0. The van der Waals surface area contributed by atoms with E-state index in [1.54, 1.807) is 12.2 Å². The molecular weight excluding hydrogens is 274 g/mol. The van der Waals surface area contributed by atoms with Crippen molar-refractivity contribution >= 4 is 23.6 Å². The maximum Gasteiger partial charge on any atom is 0.246 e. The Balaban J connectivity index is 1.63.